The van der Waals surface area contributed by atoms with Crippen LogP contribution in [-0.2, 0) is 4.74 Å². The smallest absolute Gasteiger partial charge is 0.224 e. The molecule has 0 bridgehead atoms. The van der Waals surface area contributed by atoms with Gasteiger partial charge in [-0.05, 0) is 17.7 Å². The standard InChI is InChI=1S/C11H16ClN3O2/c1-15(9-2-5-13-10(12)14-9)8-11(16)3-6-17-7-4-11/h2,5,16H,3-4,6-8H2,1H3. The Morgan fingerprint density at radius 2 is 2.24 bits per heavy atom. The minimum atomic E-state index is -0.704. The Bertz CT molecular complexity index is 383. The van der Waals surface area contributed by atoms with Gasteiger partial charge in [-0.15, -0.1) is 0 Å². The first kappa shape index (κ1) is 12.5. The average molecular weight is 258 g/mol. The molecule has 94 valence electrons. The molecule has 0 saturated carbocycles. The molecule has 5 nitrogen and oxygen atoms in total. The monoisotopic (exact) mass is 257 g/mol. The second-order valence-corrected chi connectivity index (χ2v) is 4.71. The Hall–Kier alpha value is -0.910. The molecular weight excluding hydrogens is 242 g/mol. The molecule has 0 spiro atoms. The van der Waals surface area contributed by atoms with Crippen molar-refractivity contribution in [1.82, 2.24) is 9.97 Å². The molecule has 1 N–H and O–H groups in total. The maximum absolute atomic E-state index is 10.4. The number of nitrogens with zero attached hydrogens (tertiary/aromatic N) is 3. The molecule has 2 heterocycles. The van der Waals surface area contributed by atoms with Crippen LogP contribution in [0.1, 0.15) is 12.8 Å². The topological polar surface area (TPSA) is 58.5 Å². The van der Waals surface area contributed by atoms with E-state index in [2.05, 4.69) is 9.97 Å². The first-order valence-corrected chi connectivity index (χ1v) is 5.97. The van der Waals surface area contributed by atoms with E-state index in [4.69, 9.17) is 16.3 Å². The van der Waals surface area contributed by atoms with Crippen LogP contribution in [0.3, 0.4) is 0 Å². The summed E-state index contributed by atoms with van der Waals surface area (Å²) in [6, 6.07) is 1.77. The number of hydrogen-bond donors (Lipinski definition) is 1. The summed E-state index contributed by atoms with van der Waals surface area (Å²) in [4.78, 5) is 9.83. The molecule has 1 aliphatic heterocycles. The molecule has 2 rings (SSSR count). The highest BCUT2D eigenvalue weighted by Gasteiger charge is 2.31. The summed E-state index contributed by atoms with van der Waals surface area (Å²) < 4.78 is 5.25. The number of halogens is 1. The van der Waals surface area contributed by atoms with Crippen molar-refractivity contribution in [1.29, 1.82) is 0 Å². The van der Waals surface area contributed by atoms with Crippen LogP contribution in [0.15, 0.2) is 12.3 Å². The first-order chi connectivity index (χ1) is 8.09. The third-order valence-electron chi connectivity index (χ3n) is 2.96. The maximum Gasteiger partial charge on any atom is 0.224 e. The second-order valence-electron chi connectivity index (χ2n) is 4.38. The molecule has 1 aromatic heterocycles. The highest BCUT2D eigenvalue weighted by molar-refractivity contribution is 6.28. The van der Waals surface area contributed by atoms with Crippen molar-refractivity contribution in [3.05, 3.63) is 17.5 Å². The van der Waals surface area contributed by atoms with Gasteiger partial charge in [0.2, 0.25) is 5.28 Å². The zero-order chi connectivity index (χ0) is 12.3. The maximum atomic E-state index is 10.4. The van der Waals surface area contributed by atoms with E-state index in [1.807, 2.05) is 11.9 Å². The lowest BCUT2D eigenvalue weighted by Gasteiger charge is -2.35. The number of hydrogen-bond acceptors (Lipinski definition) is 5. The largest absolute Gasteiger partial charge is 0.388 e. The third-order valence-corrected chi connectivity index (χ3v) is 3.14. The van der Waals surface area contributed by atoms with Crippen LogP contribution in [0.2, 0.25) is 5.28 Å². The summed E-state index contributed by atoms with van der Waals surface area (Å²) in [5.41, 5.74) is -0.704. The fraction of sp³-hybridized carbons (Fsp3) is 0.636. The van der Waals surface area contributed by atoms with E-state index in [1.54, 1.807) is 12.3 Å². The first-order valence-electron chi connectivity index (χ1n) is 5.59. The number of ether oxygens (including phenoxy) is 1. The van der Waals surface area contributed by atoms with E-state index >= 15 is 0 Å². The molecule has 1 fully saturated rings. The number of likely N-dealkylation sites (N-methyl/N-ethyl adjacent to an activating group) is 1. The van der Waals surface area contributed by atoms with Gasteiger partial charge in [-0.25, -0.2) is 9.97 Å². The zero-order valence-corrected chi connectivity index (χ0v) is 10.5. The van der Waals surface area contributed by atoms with Crippen LogP contribution in [-0.4, -0.2) is 47.5 Å². The molecule has 1 aromatic rings. The lowest BCUT2D eigenvalue weighted by Crippen LogP contribution is -2.46. The minimum Gasteiger partial charge on any atom is -0.388 e. The molecular formula is C11H16ClN3O2. The van der Waals surface area contributed by atoms with Crippen molar-refractivity contribution in [2.24, 2.45) is 0 Å². The van der Waals surface area contributed by atoms with Crippen LogP contribution in [0.4, 0.5) is 5.82 Å². The fourth-order valence-electron chi connectivity index (χ4n) is 1.97. The zero-order valence-electron chi connectivity index (χ0n) is 9.77. The predicted octanol–water partition coefficient (Wildman–Crippen LogP) is 1.11. The van der Waals surface area contributed by atoms with Gasteiger partial charge in [0.05, 0.1) is 5.60 Å². The molecule has 0 amide bonds. The summed E-state index contributed by atoms with van der Waals surface area (Å²) in [5, 5.41) is 10.6. The van der Waals surface area contributed by atoms with Crippen LogP contribution in [0.5, 0.6) is 0 Å². The second kappa shape index (κ2) is 5.16. The van der Waals surface area contributed by atoms with Crippen LogP contribution in [0.25, 0.3) is 0 Å². The van der Waals surface area contributed by atoms with Gasteiger partial charge in [0.25, 0.3) is 0 Å². The van der Waals surface area contributed by atoms with Gasteiger partial charge in [0.1, 0.15) is 5.82 Å². The Balaban J connectivity index is 2.03. The number of anilines is 1. The summed E-state index contributed by atoms with van der Waals surface area (Å²) >= 11 is 5.73. The molecule has 1 saturated heterocycles. The normalized spacial score (nSPS) is 19.0. The highest BCUT2D eigenvalue weighted by atomic mass is 35.5. The highest BCUT2D eigenvalue weighted by Crippen LogP contribution is 2.23. The summed E-state index contributed by atoms with van der Waals surface area (Å²) in [6.07, 6.45) is 2.90. The summed E-state index contributed by atoms with van der Waals surface area (Å²) in [7, 11) is 1.88. The van der Waals surface area contributed by atoms with Gasteiger partial charge in [-0.3, -0.25) is 0 Å². The van der Waals surface area contributed by atoms with Crippen LogP contribution < -0.4 is 4.90 Å². The van der Waals surface area contributed by atoms with Gasteiger partial charge < -0.3 is 14.7 Å². The lowest BCUT2D eigenvalue weighted by molar-refractivity contribution is -0.0573. The van der Waals surface area contributed by atoms with Crippen molar-refractivity contribution in [2.75, 3.05) is 31.7 Å². The van der Waals surface area contributed by atoms with Gasteiger partial charge in [-0.2, -0.15) is 0 Å². The molecule has 1 aliphatic rings. The van der Waals surface area contributed by atoms with Crippen molar-refractivity contribution in [2.45, 2.75) is 18.4 Å². The van der Waals surface area contributed by atoms with Crippen molar-refractivity contribution >= 4 is 17.4 Å². The van der Waals surface area contributed by atoms with E-state index < -0.39 is 5.60 Å². The quantitative estimate of drug-likeness (QED) is 0.822. The SMILES string of the molecule is CN(CC1(O)CCOCC1)c1ccnc(Cl)n1. The predicted molar refractivity (Wildman–Crippen MR) is 65.3 cm³/mol. The molecule has 17 heavy (non-hydrogen) atoms. The van der Waals surface area contributed by atoms with Gasteiger partial charge in [-0.1, -0.05) is 0 Å². The summed E-state index contributed by atoms with van der Waals surface area (Å²) in [6.45, 7) is 1.73. The number of aliphatic hydroxyl groups is 1. The Kier molecular flexibility index (Phi) is 3.81. The molecule has 0 atom stereocenters. The van der Waals surface area contributed by atoms with Crippen LogP contribution in [0, 0.1) is 0 Å². The van der Waals surface area contributed by atoms with Gasteiger partial charge in [0, 0.05) is 45.8 Å². The van der Waals surface area contributed by atoms with Crippen molar-refractivity contribution < 1.29 is 9.84 Å². The van der Waals surface area contributed by atoms with Crippen LogP contribution >= 0.6 is 11.6 Å². The Morgan fingerprint density at radius 3 is 2.88 bits per heavy atom. The van der Waals surface area contributed by atoms with E-state index in [-0.39, 0.29) is 5.28 Å². The van der Waals surface area contributed by atoms with Crippen molar-refractivity contribution in [3.8, 4) is 0 Å². The molecule has 0 aromatic carbocycles. The summed E-state index contributed by atoms with van der Waals surface area (Å²) in [5.74, 6) is 0.713. The molecule has 0 aliphatic carbocycles. The van der Waals surface area contributed by atoms with E-state index in [0.717, 1.165) is 0 Å². The third kappa shape index (κ3) is 3.28. The van der Waals surface area contributed by atoms with E-state index in [0.29, 0.717) is 38.4 Å². The lowest BCUT2D eigenvalue weighted by atomic mass is 9.94. The van der Waals surface area contributed by atoms with Gasteiger partial charge in [0.15, 0.2) is 0 Å². The number of rotatable bonds is 3. The Labute approximate surface area is 105 Å². The van der Waals surface area contributed by atoms with E-state index in [9.17, 15) is 5.11 Å². The molecule has 6 heteroatoms. The van der Waals surface area contributed by atoms with Crippen molar-refractivity contribution in [3.63, 3.8) is 0 Å². The van der Waals surface area contributed by atoms with Gasteiger partial charge >= 0.3 is 0 Å². The molecule has 0 unspecified atom stereocenters. The molecule has 0 radical (unpaired) electrons. The number of aromatic nitrogens is 2. The fourth-order valence-corrected chi connectivity index (χ4v) is 2.11. The Morgan fingerprint density at radius 1 is 1.53 bits per heavy atom. The van der Waals surface area contributed by atoms with E-state index in [1.165, 1.54) is 0 Å². The minimum absolute atomic E-state index is 0.216. The average Bonchev–Trinajstić information content (AvgIpc) is 2.29.